The van der Waals surface area contributed by atoms with E-state index in [9.17, 15) is 18.0 Å². The maximum Gasteiger partial charge on any atom is 0.573 e. The van der Waals surface area contributed by atoms with Gasteiger partial charge in [-0.2, -0.15) is 0 Å². The minimum atomic E-state index is -4.84. The Balaban J connectivity index is 1.84. The molecule has 0 atom stereocenters. The average Bonchev–Trinajstić information content (AvgIpc) is 3.17. The molecule has 3 rings (SSSR count). The molecule has 0 fully saturated rings. The van der Waals surface area contributed by atoms with Crippen molar-refractivity contribution in [3.05, 3.63) is 52.3 Å². The van der Waals surface area contributed by atoms with Crippen LogP contribution in [0.4, 0.5) is 18.9 Å². The summed E-state index contributed by atoms with van der Waals surface area (Å²) in [5, 5.41) is 5.05. The van der Waals surface area contributed by atoms with Gasteiger partial charge in [0.2, 0.25) is 0 Å². The zero-order valence-corrected chi connectivity index (χ0v) is 14.4. The second-order valence-electron chi connectivity index (χ2n) is 4.91. The number of carbonyl (C=O) groups is 1. The summed E-state index contributed by atoms with van der Waals surface area (Å²) in [6.45, 7) is 1.68. The molecule has 2 aromatic heterocycles. The molecule has 1 amide bonds. The molecule has 130 valence electrons. The molecule has 0 unspecified atom stereocenters. The SMILES string of the molecule is Cc1nc(-c2cccs2)sc1C(=O)Nc1ccccc1OC(F)(F)F. The number of benzene rings is 1. The number of carbonyl (C=O) groups excluding carboxylic acids is 1. The number of halogens is 3. The molecular formula is C16H11F3N2O2S2. The Labute approximate surface area is 148 Å². The number of alkyl halides is 3. The second-order valence-corrected chi connectivity index (χ2v) is 6.86. The minimum Gasteiger partial charge on any atom is -0.404 e. The number of aromatic nitrogens is 1. The van der Waals surface area contributed by atoms with Gasteiger partial charge in [-0.1, -0.05) is 18.2 Å². The molecule has 1 aromatic carbocycles. The van der Waals surface area contributed by atoms with Crippen LogP contribution in [0, 0.1) is 6.92 Å². The Morgan fingerprint density at radius 1 is 1.20 bits per heavy atom. The average molecular weight is 384 g/mol. The van der Waals surface area contributed by atoms with Crippen LogP contribution >= 0.6 is 22.7 Å². The van der Waals surface area contributed by atoms with Crippen molar-refractivity contribution >= 4 is 34.3 Å². The first kappa shape index (κ1) is 17.4. The van der Waals surface area contributed by atoms with E-state index < -0.39 is 18.0 Å². The molecule has 0 aliphatic rings. The lowest BCUT2D eigenvalue weighted by Gasteiger charge is -2.13. The Bertz CT molecular complexity index is 889. The van der Waals surface area contributed by atoms with Gasteiger partial charge in [0.25, 0.3) is 5.91 Å². The number of amides is 1. The quantitative estimate of drug-likeness (QED) is 0.661. The molecule has 0 saturated heterocycles. The van der Waals surface area contributed by atoms with E-state index in [1.807, 2.05) is 17.5 Å². The van der Waals surface area contributed by atoms with Crippen molar-refractivity contribution in [1.82, 2.24) is 4.98 Å². The molecule has 1 N–H and O–H groups in total. The van der Waals surface area contributed by atoms with E-state index in [4.69, 9.17) is 0 Å². The van der Waals surface area contributed by atoms with Crippen LogP contribution in [0.1, 0.15) is 15.4 Å². The van der Waals surface area contributed by atoms with Crippen LogP contribution in [0.25, 0.3) is 9.88 Å². The van der Waals surface area contributed by atoms with E-state index in [2.05, 4.69) is 15.0 Å². The highest BCUT2D eigenvalue weighted by Crippen LogP contribution is 2.33. The highest BCUT2D eigenvalue weighted by Gasteiger charge is 2.32. The van der Waals surface area contributed by atoms with E-state index >= 15 is 0 Å². The van der Waals surface area contributed by atoms with Gasteiger partial charge in [0, 0.05) is 0 Å². The van der Waals surface area contributed by atoms with Crippen molar-refractivity contribution in [3.8, 4) is 15.6 Å². The third-order valence-corrected chi connectivity index (χ3v) is 5.29. The van der Waals surface area contributed by atoms with Crippen molar-refractivity contribution in [3.63, 3.8) is 0 Å². The zero-order chi connectivity index (χ0) is 18.0. The number of nitrogens with zero attached hydrogens (tertiary/aromatic N) is 1. The summed E-state index contributed by atoms with van der Waals surface area (Å²) in [5.74, 6) is -1.000. The van der Waals surface area contributed by atoms with Crippen LogP contribution in [0.5, 0.6) is 5.75 Å². The van der Waals surface area contributed by atoms with Gasteiger partial charge in [-0.25, -0.2) is 4.98 Å². The van der Waals surface area contributed by atoms with Gasteiger partial charge >= 0.3 is 6.36 Å². The van der Waals surface area contributed by atoms with Crippen molar-refractivity contribution in [2.24, 2.45) is 0 Å². The molecule has 3 aromatic rings. The van der Waals surface area contributed by atoms with Crippen LogP contribution in [-0.2, 0) is 0 Å². The molecule has 0 aliphatic carbocycles. The van der Waals surface area contributed by atoms with Crippen molar-refractivity contribution in [2.45, 2.75) is 13.3 Å². The van der Waals surface area contributed by atoms with Crippen molar-refractivity contribution < 1.29 is 22.7 Å². The number of hydrogen-bond donors (Lipinski definition) is 1. The first-order chi connectivity index (χ1) is 11.8. The molecule has 9 heteroatoms. The van der Waals surface area contributed by atoms with Gasteiger partial charge in [-0.15, -0.1) is 35.8 Å². The van der Waals surface area contributed by atoms with Gasteiger partial charge in [-0.3, -0.25) is 4.79 Å². The van der Waals surface area contributed by atoms with E-state index in [-0.39, 0.29) is 5.69 Å². The number of thiophene rings is 1. The molecule has 0 saturated carbocycles. The Morgan fingerprint density at radius 3 is 2.64 bits per heavy atom. The molecule has 0 spiro atoms. The normalized spacial score (nSPS) is 11.4. The number of anilines is 1. The number of ether oxygens (including phenoxy) is 1. The second kappa shape index (κ2) is 6.85. The molecule has 4 nitrogen and oxygen atoms in total. The van der Waals surface area contributed by atoms with E-state index in [0.29, 0.717) is 15.6 Å². The number of hydrogen-bond acceptors (Lipinski definition) is 5. The van der Waals surface area contributed by atoms with Crippen molar-refractivity contribution in [1.29, 1.82) is 0 Å². The number of thiazole rings is 1. The first-order valence-corrected chi connectivity index (χ1v) is 8.70. The lowest BCUT2D eigenvalue weighted by Crippen LogP contribution is -2.19. The first-order valence-electron chi connectivity index (χ1n) is 7.01. The molecule has 0 aliphatic heterocycles. The highest BCUT2D eigenvalue weighted by molar-refractivity contribution is 7.22. The van der Waals surface area contributed by atoms with Gasteiger partial charge in [0.1, 0.15) is 9.88 Å². The summed E-state index contributed by atoms with van der Waals surface area (Å²) in [5.41, 5.74) is 0.454. The van der Waals surface area contributed by atoms with Gasteiger partial charge < -0.3 is 10.1 Å². The highest BCUT2D eigenvalue weighted by atomic mass is 32.1. The standard InChI is InChI=1S/C16H11F3N2O2S2/c1-9-13(25-15(20-9)12-7-4-8-24-12)14(22)21-10-5-2-3-6-11(10)23-16(17,18)19/h2-8H,1H3,(H,21,22). The maximum atomic E-state index is 12.5. The summed E-state index contributed by atoms with van der Waals surface area (Å²) in [7, 11) is 0. The van der Waals surface area contributed by atoms with Crippen LogP contribution in [-0.4, -0.2) is 17.3 Å². The van der Waals surface area contributed by atoms with Crippen LogP contribution in [0.2, 0.25) is 0 Å². The van der Waals surface area contributed by atoms with Crippen molar-refractivity contribution in [2.75, 3.05) is 5.32 Å². The fourth-order valence-corrected chi connectivity index (χ4v) is 3.83. The minimum absolute atomic E-state index is 0.0599. The molecule has 2 heterocycles. The molecular weight excluding hydrogens is 373 g/mol. The van der Waals surface area contributed by atoms with E-state index in [1.165, 1.54) is 40.9 Å². The summed E-state index contributed by atoms with van der Waals surface area (Å²) in [4.78, 5) is 18.1. The van der Waals surface area contributed by atoms with Gasteiger partial charge in [-0.05, 0) is 30.5 Å². The summed E-state index contributed by atoms with van der Waals surface area (Å²) in [6.07, 6.45) is -4.84. The van der Waals surface area contributed by atoms with Crippen LogP contribution in [0.15, 0.2) is 41.8 Å². The summed E-state index contributed by atoms with van der Waals surface area (Å²) < 4.78 is 41.3. The Kier molecular flexibility index (Phi) is 4.78. The fourth-order valence-electron chi connectivity index (χ4n) is 2.08. The lowest BCUT2D eigenvalue weighted by atomic mass is 10.3. The third kappa shape index (κ3) is 4.18. The number of para-hydroxylation sites is 2. The Hall–Kier alpha value is -2.39. The largest absolute Gasteiger partial charge is 0.573 e. The number of rotatable bonds is 4. The summed E-state index contributed by atoms with van der Waals surface area (Å²) in [6, 6.07) is 9.15. The predicted octanol–water partition coefficient (Wildman–Crippen LogP) is 5.33. The lowest BCUT2D eigenvalue weighted by molar-refractivity contribution is -0.274. The Morgan fingerprint density at radius 2 is 1.96 bits per heavy atom. The number of aryl methyl sites for hydroxylation is 1. The van der Waals surface area contributed by atoms with Gasteiger partial charge in [0.15, 0.2) is 5.75 Å². The fraction of sp³-hybridized carbons (Fsp3) is 0.125. The van der Waals surface area contributed by atoms with Crippen LogP contribution < -0.4 is 10.1 Å². The van der Waals surface area contributed by atoms with Gasteiger partial charge in [0.05, 0.1) is 16.3 Å². The maximum absolute atomic E-state index is 12.5. The molecule has 0 bridgehead atoms. The van der Waals surface area contributed by atoms with E-state index in [0.717, 1.165) is 10.9 Å². The predicted molar refractivity (Wildman–Crippen MR) is 91.2 cm³/mol. The summed E-state index contributed by atoms with van der Waals surface area (Å²) >= 11 is 2.68. The molecule has 25 heavy (non-hydrogen) atoms. The zero-order valence-electron chi connectivity index (χ0n) is 12.8. The smallest absolute Gasteiger partial charge is 0.404 e. The van der Waals surface area contributed by atoms with E-state index in [1.54, 1.807) is 6.92 Å². The number of nitrogens with one attached hydrogen (secondary N) is 1. The monoisotopic (exact) mass is 384 g/mol. The third-order valence-electron chi connectivity index (χ3n) is 3.10. The topological polar surface area (TPSA) is 51.2 Å². The molecule has 0 radical (unpaired) electrons. The van der Waals surface area contributed by atoms with Crippen LogP contribution in [0.3, 0.4) is 0 Å².